The largest absolute Gasteiger partial charge is 0.383 e. The van der Waals surface area contributed by atoms with Crippen LogP contribution in [0.4, 0.5) is 10.2 Å². The molecule has 1 heterocycles. The minimum atomic E-state index is -1.40. The molecule has 1 aliphatic rings. The second kappa shape index (κ2) is 6.27. The minimum Gasteiger partial charge on any atom is -0.383 e. The van der Waals surface area contributed by atoms with Crippen LogP contribution >= 0.6 is 0 Å². The molecule has 1 aromatic heterocycles. The monoisotopic (exact) mass is 303 g/mol. The van der Waals surface area contributed by atoms with Gasteiger partial charge >= 0.3 is 5.69 Å². The van der Waals surface area contributed by atoms with Crippen LogP contribution in [0.15, 0.2) is 47.4 Å². The van der Waals surface area contributed by atoms with Crippen LogP contribution < -0.4 is 11.4 Å². The molecule has 2 aromatic rings. The molecule has 2 N–H and O–H groups in total. The summed E-state index contributed by atoms with van der Waals surface area (Å²) >= 11 is 0. The lowest BCUT2D eigenvalue weighted by Gasteiger charge is -2.36. The number of benzene rings is 1. The first-order valence-electron chi connectivity index (χ1n) is 7.29. The van der Waals surface area contributed by atoms with Gasteiger partial charge in [-0.25, -0.2) is 9.18 Å². The highest BCUT2D eigenvalue weighted by Crippen LogP contribution is 2.37. The van der Waals surface area contributed by atoms with Crippen LogP contribution in [0.3, 0.4) is 0 Å². The molecule has 1 aliphatic carbocycles. The third-order valence-corrected chi connectivity index (χ3v) is 4.00. The summed E-state index contributed by atoms with van der Waals surface area (Å²) in [5, 5.41) is 0. The molecule has 1 aromatic carbocycles. The van der Waals surface area contributed by atoms with Crippen LogP contribution in [-0.2, 0) is 4.74 Å². The Balaban J connectivity index is 1.49. The summed E-state index contributed by atoms with van der Waals surface area (Å²) in [4.78, 5) is 15.4. The molecule has 0 aliphatic heterocycles. The van der Waals surface area contributed by atoms with Crippen LogP contribution in [0.5, 0.6) is 0 Å². The molecule has 1 unspecified atom stereocenters. The Labute approximate surface area is 127 Å². The van der Waals surface area contributed by atoms with Crippen LogP contribution in [0, 0.1) is 5.92 Å². The highest BCUT2D eigenvalue weighted by atomic mass is 19.1. The van der Waals surface area contributed by atoms with E-state index in [0.29, 0.717) is 12.2 Å². The Kier molecular flexibility index (Phi) is 4.20. The summed E-state index contributed by atoms with van der Waals surface area (Å²) in [6.45, 7) is 0.351. The van der Waals surface area contributed by atoms with E-state index in [1.165, 1.54) is 0 Å². The maximum Gasteiger partial charge on any atom is 0.349 e. The van der Waals surface area contributed by atoms with Crippen LogP contribution in [0.2, 0.25) is 0 Å². The van der Waals surface area contributed by atoms with E-state index in [1.54, 1.807) is 41.1 Å². The summed E-state index contributed by atoms with van der Waals surface area (Å²) in [6.07, 6.45) is 1.83. The highest BCUT2D eigenvalue weighted by molar-refractivity contribution is 5.23. The van der Waals surface area contributed by atoms with Crippen molar-refractivity contribution in [3.8, 4) is 0 Å². The van der Waals surface area contributed by atoms with E-state index in [1.807, 2.05) is 6.07 Å². The number of hydrogen-bond acceptors (Lipinski definition) is 4. The van der Waals surface area contributed by atoms with Crippen molar-refractivity contribution in [3.63, 3.8) is 0 Å². The Morgan fingerprint density at radius 1 is 1.32 bits per heavy atom. The Bertz CT molecular complexity index is 683. The first-order valence-corrected chi connectivity index (χ1v) is 7.29. The van der Waals surface area contributed by atoms with E-state index in [4.69, 9.17) is 10.5 Å². The molecular formula is C16H18FN3O2. The smallest absolute Gasteiger partial charge is 0.349 e. The van der Waals surface area contributed by atoms with E-state index in [2.05, 4.69) is 4.98 Å². The Morgan fingerprint density at radius 2 is 2.05 bits per heavy atom. The molecule has 3 rings (SSSR count). The lowest BCUT2D eigenvalue weighted by molar-refractivity contribution is -0.0727. The topological polar surface area (TPSA) is 70.1 Å². The zero-order valence-electron chi connectivity index (χ0n) is 12.1. The number of nitrogen functional groups attached to an aromatic ring is 1. The van der Waals surface area contributed by atoms with E-state index >= 15 is 0 Å². The number of nitrogens with two attached hydrogens (primary N) is 1. The molecule has 22 heavy (non-hydrogen) atoms. The van der Waals surface area contributed by atoms with Crippen molar-refractivity contribution in [1.29, 1.82) is 0 Å². The number of anilines is 1. The predicted molar refractivity (Wildman–Crippen MR) is 80.9 cm³/mol. The van der Waals surface area contributed by atoms with Gasteiger partial charge in [0.1, 0.15) is 5.82 Å². The maximum atomic E-state index is 13.9. The number of alkyl halides is 1. The van der Waals surface area contributed by atoms with Gasteiger partial charge in [-0.3, -0.25) is 4.57 Å². The van der Waals surface area contributed by atoms with Crippen molar-refractivity contribution in [2.75, 3.05) is 12.3 Å². The van der Waals surface area contributed by atoms with Gasteiger partial charge in [0.05, 0.1) is 6.61 Å². The SMILES string of the molecule is Nc1ccn(C2CC(COC(F)c3ccccc3)C2)c(=O)n1. The van der Waals surface area contributed by atoms with Gasteiger partial charge in [0, 0.05) is 17.8 Å². The summed E-state index contributed by atoms with van der Waals surface area (Å²) in [5.74, 6) is 0.486. The lowest BCUT2D eigenvalue weighted by atomic mass is 9.80. The van der Waals surface area contributed by atoms with Gasteiger partial charge in [-0.1, -0.05) is 30.3 Å². The van der Waals surface area contributed by atoms with Gasteiger partial charge in [0.15, 0.2) is 0 Å². The second-order valence-corrected chi connectivity index (χ2v) is 5.59. The number of aromatic nitrogens is 2. The molecular weight excluding hydrogens is 285 g/mol. The van der Waals surface area contributed by atoms with Crippen molar-refractivity contribution >= 4 is 5.82 Å². The van der Waals surface area contributed by atoms with E-state index < -0.39 is 6.36 Å². The molecule has 1 atom stereocenters. The first-order chi connectivity index (χ1) is 10.6. The average molecular weight is 303 g/mol. The molecule has 0 saturated heterocycles. The van der Waals surface area contributed by atoms with Crippen molar-refractivity contribution in [2.24, 2.45) is 5.92 Å². The Hall–Kier alpha value is -2.21. The number of rotatable bonds is 5. The van der Waals surface area contributed by atoms with Crippen molar-refractivity contribution < 1.29 is 9.13 Å². The Morgan fingerprint density at radius 3 is 2.73 bits per heavy atom. The lowest BCUT2D eigenvalue weighted by Crippen LogP contribution is -2.36. The molecule has 5 nitrogen and oxygen atoms in total. The molecule has 1 fully saturated rings. The van der Waals surface area contributed by atoms with Crippen molar-refractivity contribution in [1.82, 2.24) is 9.55 Å². The highest BCUT2D eigenvalue weighted by Gasteiger charge is 2.32. The molecule has 0 bridgehead atoms. The molecule has 0 radical (unpaired) electrons. The van der Waals surface area contributed by atoms with Gasteiger partial charge in [-0.2, -0.15) is 4.98 Å². The predicted octanol–water partition coefficient (Wildman–Crippen LogP) is 2.46. The van der Waals surface area contributed by atoms with Crippen molar-refractivity contribution in [3.05, 3.63) is 58.6 Å². The third-order valence-electron chi connectivity index (χ3n) is 4.00. The van der Waals surface area contributed by atoms with E-state index in [-0.39, 0.29) is 23.5 Å². The van der Waals surface area contributed by atoms with Gasteiger partial charge in [0.2, 0.25) is 6.36 Å². The third kappa shape index (κ3) is 3.17. The summed E-state index contributed by atoms with van der Waals surface area (Å²) in [6, 6.07) is 10.5. The average Bonchev–Trinajstić information content (AvgIpc) is 2.48. The zero-order chi connectivity index (χ0) is 15.5. The number of nitrogens with zero attached hydrogens (tertiary/aromatic N) is 2. The van der Waals surface area contributed by atoms with Gasteiger partial charge in [-0.05, 0) is 24.8 Å². The zero-order valence-corrected chi connectivity index (χ0v) is 12.1. The molecule has 0 spiro atoms. The number of ether oxygens (including phenoxy) is 1. The van der Waals surface area contributed by atoms with Crippen molar-refractivity contribution in [2.45, 2.75) is 25.2 Å². The van der Waals surface area contributed by atoms with E-state index in [0.717, 1.165) is 12.8 Å². The van der Waals surface area contributed by atoms with E-state index in [9.17, 15) is 9.18 Å². The number of halogens is 1. The summed E-state index contributed by atoms with van der Waals surface area (Å²) in [5.41, 5.74) is 5.65. The standard InChI is InChI=1S/C16H18FN3O2/c17-15(12-4-2-1-3-5-12)22-10-11-8-13(9-11)20-7-6-14(18)19-16(20)21/h1-7,11,13,15H,8-10H2,(H2,18,19,21). The minimum absolute atomic E-state index is 0.101. The summed E-state index contributed by atoms with van der Waals surface area (Å²) < 4.78 is 20.7. The quantitative estimate of drug-likeness (QED) is 0.921. The first kappa shape index (κ1) is 14.7. The van der Waals surface area contributed by atoms with Crippen LogP contribution in [0.25, 0.3) is 0 Å². The molecule has 0 amide bonds. The van der Waals surface area contributed by atoms with Crippen LogP contribution in [0.1, 0.15) is 30.8 Å². The second-order valence-electron chi connectivity index (χ2n) is 5.59. The fraction of sp³-hybridized carbons (Fsp3) is 0.375. The summed E-state index contributed by atoms with van der Waals surface area (Å²) in [7, 11) is 0. The molecule has 1 saturated carbocycles. The van der Waals surface area contributed by atoms with Gasteiger partial charge in [-0.15, -0.1) is 0 Å². The normalized spacial score (nSPS) is 22.0. The molecule has 116 valence electrons. The van der Waals surface area contributed by atoms with Gasteiger partial charge < -0.3 is 10.5 Å². The van der Waals surface area contributed by atoms with Gasteiger partial charge in [0.25, 0.3) is 0 Å². The van der Waals surface area contributed by atoms with Crippen LogP contribution in [-0.4, -0.2) is 16.2 Å². The maximum absolute atomic E-state index is 13.9. The fourth-order valence-electron chi connectivity index (χ4n) is 2.69. The fourth-order valence-corrected chi connectivity index (χ4v) is 2.69. The number of hydrogen-bond donors (Lipinski definition) is 1. The molecule has 6 heteroatoms.